The molecule has 148 valence electrons. The van der Waals surface area contributed by atoms with Crippen molar-refractivity contribution in [1.29, 1.82) is 0 Å². The number of furan rings is 1. The Morgan fingerprint density at radius 1 is 1.30 bits per heavy atom. The van der Waals surface area contributed by atoms with Gasteiger partial charge in [0.25, 0.3) is 5.91 Å². The van der Waals surface area contributed by atoms with Gasteiger partial charge in [-0.3, -0.25) is 9.10 Å². The molecule has 0 aliphatic rings. The highest BCUT2D eigenvalue weighted by molar-refractivity contribution is 7.98. The number of thioether (sulfide) groups is 1. The second kappa shape index (κ2) is 9.70. The first-order chi connectivity index (χ1) is 12.8. The maximum atomic E-state index is 12.1. The van der Waals surface area contributed by atoms with Crippen LogP contribution >= 0.6 is 11.8 Å². The molecule has 1 amide bonds. The Morgan fingerprint density at radius 3 is 2.59 bits per heavy atom. The molecule has 1 aromatic heterocycles. The van der Waals surface area contributed by atoms with Crippen LogP contribution in [0.25, 0.3) is 0 Å². The van der Waals surface area contributed by atoms with Gasteiger partial charge in [-0.1, -0.05) is 0 Å². The molecule has 7 nitrogen and oxygen atoms in total. The quantitative estimate of drug-likeness (QED) is 0.603. The van der Waals surface area contributed by atoms with Crippen LogP contribution in [0.2, 0.25) is 0 Å². The van der Waals surface area contributed by atoms with Gasteiger partial charge in [0, 0.05) is 19.3 Å². The van der Waals surface area contributed by atoms with Crippen LogP contribution in [-0.4, -0.2) is 46.0 Å². The third kappa shape index (κ3) is 6.84. The molecule has 27 heavy (non-hydrogen) atoms. The van der Waals surface area contributed by atoms with Crippen molar-refractivity contribution in [2.75, 3.05) is 29.9 Å². The lowest BCUT2D eigenvalue weighted by Gasteiger charge is -2.18. The van der Waals surface area contributed by atoms with E-state index in [0.29, 0.717) is 18.0 Å². The minimum atomic E-state index is -3.31. The fourth-order valence-electron chi connectivity index (χ4n) is 2.14. The third-order valence-corrected chi connectivity index (χ3v) is 5.94. The Labute approximate surface area is 164 Å². The summed E-state index contributed by atoms with van der Waals surface area (Å²) < 4.78 is 35.1. The summed E-state index contributed by atoms with van der Waals surface area (Å²) in [6.45, 7) is 2.21. The Hall–Kier alpha value is -2.13. The zero-order valence-electron chi connectivity index (χ0n) is 15.5. The van der Waals surface area contributed by atoms with E-state index in [9.17, 15) is 13.2 Å². The minimum absolute atomic E-state index is 0.203. The molecule has 0 fully saturated rings. The van der Waals surface area contributed by atoms with Crippen molar-refractivity contribution in [2.24, 2.45) is 0 Å². The number of anilines is 1. The number of sulfonamides is 1. The van der Waals surface area contributed by atoms with Gasteiger partial charge in [0.1, 0.15) is 11.5 Å². The molecule has 0 saturated heterocycles. The molecule has 1 N–H and O–H groups in total. The summed E-state index contributed by atoms with van der Waals surface area (Å²) in [5, 5.41) is 2.83. The molecular formula is C18H24N2O5S2. The van der Waals surface area contributed by atoms with Crippen LogP contribution in [0.3, 0.4) is 0 Å². The smallest absolute Gasteiger partial charge is 0.260 e. The lowest BCUT2D eigenvalue weighted by atomic mass is 10.3. The van der Waals surface area contributed by atoms with E-state index in [2.05, 4.69) is 5.32 Å². The molecule has 0 spiro atoms. The van der Waals surface area contributed by atoms with Gasteiger partial charge >= 0.3 is 0 Å². The van der Waals surface area contributed by atoms with Crippen LogP contribution in [0.15, 0.2) is 47.1 Å². The first-order valence-corrected chi connectivity index (χ1v) is 11.4. The average Bonchev–Trinajstić information content (AvgIpc) is 3.14. The Bertz CT molecular complexity index is 820. The molecule has 0 radical (unpaired) electrons. The van der Waals surface area contributed by atoms with Crippen LogP contribution in [0.4, 0.5) is 5.69 Å². The third-order valence-electron chi connectivity index (χ3n) is 3.75. The van der Waals surface area contributed by atoms with Crippen LogP contribution in [0.1, 0.15) is 12.7 Å². The van der Waals surface area contributed by atoms with Gasteiger partial charge in [0.05, 0.1) is 24.0 Å². The van der Waals surface area contributed by atoms with Gasteiger partial charge in [-0.25, -0.2) is 8.42 Å². The van der Waals surface area contributed by atoms with Gasteiger partial charge in [0.15, 0.2) is 6.10 Å². The van der Waals surface area contributed by atoms with E-state index in [1.807, 2.05) is 12.1 Å². The van der Waals surface area contributed by atoms with Crippen molar-refractivity contribution in [3.63, 3.8) is 0 Å². The molecule has 2 aromatic rings. The number of amides is 1. The van der Waals surface area contributed by atoms with Gasteiger partial charge in [-0.15, -0.1) is 0 Å². The van der Waals surface area contributed by atoms with Crippen LogP contribution in [0, 0.1) is 0 Å². The summed E-state index contributed by atoms with van der Waals surface area (Å²) in [5.41, 5.74) is 0.524. The van der Waals surface area contributed by atoms with E-state index in [0.717, 1.165) is 23.5 Å². The lowest BCUT2D eigenvalue weighted by molar-refractivity contribution is -0.127. The highest BCUT2D eigenvalue weighted by Crippen LogP contribution is 2.21. The van der Waals surface area contributed by atoms with Crippen molar-refractivity contribution >= 4 is 33.4 Å². The molecule has 1 aromatic carbocycles. The summed E-state index contributed by atoms with van der Waals surface area (Å²) in [7, 11) is -1.84. The van der Waals surface area contributed by atoms with E-state index in [1.165, 1.54) is 11.4 Å². The average molecular weight is 413 g/mol. The largest absolute Gasteiger partial charge is 0.481 e. The molecule has 9 heteroatoms. The summed E-state index contributed by atoms with van der Waals surface area (Å²) in [5.74, 6) is 2.74. The van der Waals surface area contributed by atoms with Crippen molar-refractivity contribution in [3.8, 4) is 5.75 Å². The summed E-state index contributed by atoms with van der Waals surface area (Å²) >= 11 is 1.67. The number of hydrogen-bond acceptors (Lipinski definition) is 6. The number of benzene rings is 1. The maximum absolute atomic E-state index is 12.1. The zero-order chi connectivity index (χ0) is 19.9. The molecule has 0 aliphatic carbocycles. The van der Waals surface area contributed by atoms with Crippen molar-refractivity contribution < 1.29 is 22.4 Å². The lowest BCUT2D eigenvalue weighted by Crippen LogP contribution is -2.37. The molecule has 2 rings (SSSR count). The van der Waals surface area contributed by atoms with Gasteiger partial charge in [-0.2, -0.15) is 11.8 Å². The summed E-state index contributed by atoms with van der Waals surface area (Å²) in [6.07, 6.45) is 2.12. The van der Waals surface area contributed by atoms with Crippen LogP contribution in [0.5, 0.6) is 5.75 Å². The SMILES string of the molecule is C[C@@H](Oc1ccc(N(C)S(C)(=O)=O)cc1)C(=O)NCCSCc1ccco1. The molecule has 0 aliphatic heterocycles. The van der Waals surface area contributed by atoms with Crippen molar-refractivity contribution in [1.82, 2.24) is 5.32 Å². The number of rotatable bonds is 10. The standard InChI is InChI=1S/C18H24N2O5S2/c1-14(18(21)19-10-12-26-13-17-5-4-11-24-17)25-16-8-6-15(7-9-16)20(2)27(3,22)23/h4-9,11,14H,10,12-13H2,1-3H3,(H,19,21)/t14-/m1/s1. The normalized spacial score (nSPS) is 12.4. The fraction of sp³-hybridized carbons (Fsp3) is 0.389. The van der Waals surface area contributed by atoms with Crippen molar-refractivity contribution in [2.45, 2.75) is 18.8 Å². The van der Waals surface area contributed by atoms with E-state index < -0.39 is 16.1 Å². The first-order valence-electron chi connectivity index (χ1n) is 8.36. The van der Waals surface area contributed by atoms with E-state index >= 15 is 0 Å². The molecule has 0 saturated carbocycles. The van der Waals surface area contributed by atoms with Gasteiger partial charge in [-0.05, 0) is 43.3 Å². The monoisotopic (exact) mass is 412 g/mol. The Morgan fingerprint density at radius 2 is 2.00 bits per heavy atom. The molecule has 0 bridgehead atoms. The number of nitrogens with zero attached hydrogens (tertiary/aromatic N) is 1. The number of carbonyl (C=O) groups excluding carboxylic acids is 1. The highest BCUT2D eigenvalue weighted by atomic mass is 32.2. The Kier molecular flexibility index (Phi) is 7.61. The number of ether oxygens (including phenoxy) is 1. The summed E-state index contributed by atoms with van der Waals surface area (Å²) in [6, 6.07) is 10.3. The number of nitrogens with one attached hydrogen (secondary N) is 1. The topological polar surface area (TPSA) is 88.8 Å². The summed E-state index contributed by atoms with van der Waals surface area (Å²) in [4.78, 5) is 12.1. The van der Waals surface area contributed by atoms with Crippen molar-refractivity contribution in [3.05, 3.63) is 48.4 Å². The molecule has 1 atom stereocenters. The molecular weight excluding hydrogens is 388 g/mol. The van der Waals surface area contributed by atoms with Gasteiger partial charge in [0.2, 0.25) is 10.0 Å². The second-order valence-electron chi connectivity index (χ2n) is 5.91. The highest BCUT2D eigenvalue weighted by Gasteiger charge is 2.15. The van der Waals surface area contributed by atoms with E-state index in [-0.39, 0.29) is 5.91 Å². The molecule has 0 unspecified atom stereocenters. The second-order valence-corrected chi connectivity index (χ2v) is 9.03. The zero-order valence-corrected chi connectivity index (χ0v) is 17.2. The number of carbonyl (C=O) groups is 1. The van der Waals surface area contributed by atoms with E-state index in [1.54, 1.807) is 49.2 Å². The molecule has 1 heterocycles. The van der Waals surface area contributed by atoms with Crippen LogP contribution < -0.4 is 14.4 Å². The predicted molar refractivity (Wildman–Crippen MR) is 108 cm³/mol. The van der Waals surface area contributed by atoms with Crippen LogP contribution in [-0.2, 0) is 20.6 Å². The first kappa shape index (κ1) is 21.2. The Balaban J connectivity index is 1.73. The maximum Gasteiger partial charge on any atom is 0.260 e. The predicted octanol–water partition coefficient (Wildman–Crippen LogP) is 2.49. The van der Waals surface area contributed by atoms with E-state index in [4.69, 9.17) is 9.15 Å². The van der Waals surface area contributed by atoms with Gasteiger partial charge < -0.3 is 14.5 Å². The number of hydrogen-bond donors (Lipinski definition) is 1. The fourth-order valence-corrected chi connectivity index (χ4v) is 3.40. The minimum Gasteiger partial charge on any atom is -0.481 e.